The Labute approximate surface area is 99.0 Å². The molecule has 0 radical (unpaired) electrons. The summed E-state index contributed by atoms with van der Waals surface area (Å²) in [5.74, 6) is -1.56. The maximum atomic E-state index is 13.6. The average molecular weight is 242 g/mol. The molecule has 2 rings (SSSR count). The van der Waals surface area contributed by atoms with Gasteiger partial charge in [0, 0.05) is 32.2 Å². The van der Waals surface area contributed by atoms with Gasteiger partial charge in [-0.3, -0.25) is 0 Å². The highest BCUT2D eigenvalue weighted by Gasteiger charge is 2.21. The summed E-state index contributed by atoms with van der Waals surface area (Å²) in [6, 6.07) is 0.795. The van der Waals surface area contributed by atoms with Gasteiger partial charge in [0.25, 0.3) is 0 Å². The van der Waals surface area contributed by atoms with E-state index in [0.29, 0.717) is 13.1 Å². The molecule has 6 heteroatoms. The average Bonchev–Trinajstić information content (AvgIpc) is 2.34. The Bertz CT molecular complexity index is 403. The molecule has 0 atom stereocenters. The van der Waals surface area contributed by atoms with Gasteiger partial charge >= 0.3 is 0 Å². The Morgan fingerprint density at radius 3 is 2.47 bits per heavy atom. The number of pyridine rings is 1. The van der Waals surface area contributed by atoms with Crippen LogP contribution in [-0.4, -0.2) is 42.6 Å². The largest absolute Gasteiger partial charge is 0.381 e. The fraction of sp³-hybridized carbons (Fsp3) is 0.545. The molecule has 1 saturated heterocycles. The number of halogens is 2. The van der Waals surface area contributed by atoms with Gasteiger partial charge in [0.05, 0.1) is 0 Å². The fourth-order valence-corrected chi connectivity index (χ4v) is 1.97. The van der Waals surface area contributed by atoms with E-state index >= 15 is 0 Å². The molecular weight excluding hydrogens is 226 g/mol. The fourth-order valence-electron chi connectivity index (χ4n) is 1.97. The van der Waals surface area contributed by atoms with Gasteiger partial charge in [-0.05, 0) is 6.54 Å². The number of likely N-dealkylation sites (N-methyl/N-ethyl adjacent to an activating group) is 1. The van der Waals surface area contributed by atoms with Crippen LogP contribution >= 0.6 is 0 Å². The summed E-state index contributed by atoms with van der Waals surface area (Å²) in [6.45, 7) is 6.15. The highest BCUT2D eigenvalue weighted by atomic mass is 19.1. The molecule has 0 bridgehead atoms. The molecule has 17 heavy (non-hydrogen) atoms. The van der Waals surface area contributed by atoms with Gasteiger partial charge in [0.2, 0.25) is 0 Å². The molecule has 94 valence electrons. The van der Waals surface area contributed by atoms with Crippen LogP contribution in [0.3, 0.4) is 0 Å². The minimum absolute atomic E-state index is 0.152. The number of piperazine rings is 1. The van der Waals surface area contributed by atoms with Gasteiger partial charge in [-0.2, -0.15) is 0 Å². The second-order valence-electron chi connectivity index (χ2n) is 4.08. The van der Waals surface area contributed by atoms with Crippen molar-refractivity contribution >= 4 is 11.6 Å². The molecule has 1 aliphatic heterocycles. The van der Waals surface area contributed by atoms with Gasteiger partial charge in [-0.1, -0.05) is 6.92 Å². The van der Waals surface area contributed by atoms with Crippen molar-refractivity contribution < 1.29 is 8.78 Å². The Morgan fingerprint density at radius 2 is 1.88 bits per heavy atom. The Morgan fingerprint density at radius 1 is 1.24 bits per heavy atom. The summed E-state index contributed by atoms with van der Waals surface area (Å²) < 4.78 is 26.6. The lowest BCUT2D eigenvalue weighted by Gasteiger charge is -2.34. The van der Waals surface area contributed by atoms with Gasteiger partial charge in [-0.25, -0.2) is 13.8 Å². The minimum atomic E-state index is -0.807. The lowest BCUT2D eigenvalue weighted by Crippen LogP contribution is -2.46. The van der Waals surface area contributed by atoms with Crippen LogP contribution < -0.4 is 10.6 Å². The summed E-state index contributed by atoms with van der Waals surface area (Å²) >= 11 is 0. The maximum absolute atomic E-state index is 13.6. The van der Waals surface area contributed by atoms with Crippen molar-refractivity contribution in [3.63, 3.8) is 0 Å². The first kappa shape index (κ1) is 12.0. The Kier molecular flexibility index (Phi) is 3.42. The van der Waals surface area contributed by atoms with E-state index in [-0.39, 0.29) is 11.6 Å². The van der Waals surface area contributed by atoms with E-state index in [9.17, 15) is 8.78 Å². The van der Waals surface area contributed by atoms with E-state index in [1.807, 2.05) is 0 Å². The zero-order chi connectivity index (χ0) is 12.4. The number of nitrogens with zero attached hydrogens (tertiary/aromatic N) is 3. The molecular formula is C11H16F2N4. The third kappa shape index (κ3) is 2.46. The number of anilines is 2. The monoisotopic (exact) mass is 242 g/mol. The van der Waals surface area contributed by atoms with Crippen LogP contribution in [0.4, 0.5) is 20.4 Å². The minimum Gasteiger partial charge on any atom is -0.381 e. The quantitative estimate of drug-likeness (QED) is 0.843. The van der Waals surface area contributed by atoms with E-state index in [4.69, 9.17) is 5.73 Å². The predicted octanol–water partition coefficient (Wildman–Crippen LogP) is 1.08. The van der Waals surface area contributed by atoms with Gasteiger partial charge in [-0.15, -0.1) is 0 Å². The predicted molar refractivity (Wildman–Crippen MR) is 62.9 cm³/mol. The molecule has 0 amide bonds. The number of nitrogen functional groups attached to an aromatic ring is 1. The molecule has 0 spiro atoms. The van der Waals surface area contributed by atoms with Crippen LogP contribution in [-0.2, 0) is 0 Å². The van der Waals surface area contributed by atoms with E-state index in [1.54, 1.807) is 4.90 Å². The van der Waals surface area contributed by atoms with Crippen LogP contribution in [0.15, 0.2) is 6.07 Å². The molecule has 4 nitrogen and oxygen atoms in total. The Balaban J connectivity index is 2.16. The zero-order valence-corrected chi connectivity index (χ0v) is 9.79. The molecule has 1 aromatic heterocycles. The molecule has 0 aromatic carbocycles. The molecule has 1 aromatic rings. The first-order valence-electron chi connectivity index (χ1n) is 5.70. The second kappa shape index (κ2) is 4.83. The van der Waals surface area contributed by atoms with Crippen LogP contribution in [0.2, 0.25) is 0 Å². The van der Waals surface area contributed by atoms with E-state index in [1.165, 1.54) is 0 Å². The van der Waals surface area contributed by atoms with E-state index in [0.717, 1.165) is 25.7 Å². The summed E-state index contributed by atoms with van der Waals surface area (Å²) in [6.07, 6.45) is 0. The topological polar surface area (TPSA) is 45.4 Å². The highest BCUT2D eigenvalue weighted by Crippen LogP contribution is 2.21. The smallest absolute Gasteiger partial charge is 0.168 e. The second-order valence-corrected chi connectivity index (χ2v) is 4.08. The molecule has 0 aliphatic carbocycles. The number of hydrogen-bond acceptors (Lipinski definition) is 4. The van der Waals surface area contributed by atoms with Gasteiger partial charge in [0.1, 0.15) is 0 Å². The van der Waals surface area contributed by atoms with Crippen molar-refractivity contribution in [3.05, 3.63) is 17.7 Å². The zero-order valence-electron chi connectivity index (χ0n) is 9.79. The third-order valence-corrected chi connectivity index (χ3v) is 3.06. The molecule has 1 aliphatic rings. The third-order valence-electron chi connectivity index (χ3n) is 3.06. The molecule has 2 heterocycles. The molecule has 2 N–H and O–H groups in total. The van der Waals surface area contributed by atoms with E-state index < -0.39 is 11.6 Å². The first-order valence-corrected chi connectivity index (χ1v) is 5.70. The summed E-state index contributed by atoms with van der Waals surface area (Å²) in [4.78, 5) is 7.85. The molecule has 0 unspecified atom stereocenters. The molecule has 0 saturated carbocycles. The van der Waals surface area contributed by atoms with Crippen molar-refractivity contribution in [2.45, 2.75) is 6.92 Å². The lowest BCUT2D eigenvalue weighted by molar-refractivity contribution is 0.269. The van der Waals surface area contributed by atoms with Crippen molar-refractivity contribution in [2.24, 2.45) is 0 Å². The van der Waals surface area contributed by atoms with Crippen LogP contribution in [0.1, 0.15) is 6.92 Å². The summed E-state index contributed by atoms with van der Waals surface area (Å²) in [5, 5.41) is 0. The van der Waals surface area contributed by atoms with Crippen molar-refractivity contribution in [3.8, 4) is 0 Å². The van der Waals surface area contributed by atoms with Crippen LogP contribution in [0.5, 0.6) is 0 Å². The Hall–Kier alpha value is -1.43. The van der Waals surface area contributed by atoms with Crippen molar-refractivity contribution in [1.82, 2.24) is 9.88 Å². The molecule has 1 fully saturated rings. The maximum Gasteiger partial charge on any atom is 0.168 e. The van der Waals surface area contributed by atoms with Crippen LogP contribution in [0, 0.1) is 11.6 Å². The van der Waals surface area contributed by atoms with E-state index in [2.05, 4.69) is 16.8 Å². The summed E-state index contributed by atoms with van der Waals surface area (Å²) in [5.41, 5.74) is 5.36. The van der Waals surface area contributed by atoms with Gasteiger partial charge < -0.3 is 15.5 Å². The normalized spacial score (nSPS) is 17.5. The van der Waals surface area contributed by atoms with Crippen LogP contribution in [0.25, 0.3) is 0 Å². The SMILES string of the molecule is CCN1CCN(c2nc(N)c(F)cc2F)CC1. The van der Waals surface area contributed by atoms with Crippen molar-refractivity contribution in [2.75, 3.05) is 43.4 Å². The number of rotatable bonds is 2. The first-order chi connectivity index (χ1) is 8.11. The van der Waals surface area contributed by atoms with Crippen molar-refractivity contribution in [1.29, 1.82) is 0 Å². The van der Waals surface area contributed by atoms with Gasteiger partial charge in [0.15, 0.2) is 23.3 Å². The standard InChI is InChI=1S/C11H16F2N4/c1-2-16-3-5-17(6-4-16)11-9(13)7-8(12)10(14)15-11/h7H,2-6H2,1H3,(H2,14,15). The number of hydrogen-bond donors (Lipinski definition) is 1. The lowest BCUT2D eigenvalue weighted by atomic mass is 10.3. The number of aromatic nitrogens is 1. The highest BCUT2D eigenvalue weighted by molar-refractivity contribution is 5.47. The number of nitrogens with two attached hydrogens (primary N) is 1. The summed E-state index contributed by atoms with van der Waals surface area (Å²) in [7, 11) is 0.